The molecule has 0 radical (unpaired) electrons. The summed E-state index contributed by atoms with van der Waals surface area (Å²) in [5.74, 6) is -4.76. The molecule has 2 rings (SSSR count). The molecule has 238 valence electrons. The number of carboxylic acid groups (broad SMARTS) is 3. The van der Waals surface area contributed by atoms with Gasteiger partial charge in [-0.1, -0.05) is 0 Å². The Morgan fingerprint density at radius 2 is 1.10 bits per heavy atom. The van der Waals surface area contributed by atoms with E-state index in [2.05, 4.69) is 0 Å². The molecule has 9 N–H and O–H groups in total. The summed E-state index contributed by atoms with van der Waals surface area (Å²) in [5.41, 5.74) is 15.3. The summed E-state index contributed by atoms with van der Waals surface area (Å²) in [5, 5.41) is 28.7. The van der Waals surface area contributed by atoms with Crippen molar-refractivity contribution in [1.29, 1.82) is 0 Å². The van der Waals surface area contributed by atoms with Crippen molar-refractivity contribution in [2.24, 2.45) is 17.2 Å². The van der Waals surface area contributed by atoms with Gasteiger partial charge in [0.05, 0.1) is 19.6 Å². The lowest BCUT2D eigenvalue weighted by atomic mass is 9.88. The second-order valence-corrected chi connectivity index (χ2v) is 10.9. The van der Waals surface area contributed by atoms with Gasteiger partial charge < -0.3 is 37.4 Å². The van der Waals surface area contributed by atoms with Crippen molar-refractivity contribution in [3.05, 3.63) is 0 Å². The Bertz CT molecular complexity index is 957. The first-order valence-corrected chi connectivity index (χ1v) is 13.9. The number of carboxylic acids is 3. The van der Waals surface area contributed by atoms with Gasteiger partial charge in [0.2, 0.25) is 17.7 Å². The van der Waals surface area contributed by atoms with E-state index >= 15 is 0 Å². The highest BCUT2D eigenvalue weighted by molar-refractivity contribution is 5.81. The smallest absolute Gasteiger partial charge is 0.323 e. The maximum atomic E-state index is 12.9. The molecule has 2 saturated heterocycles. The molecule has 17 nitrogen and oxygen atoms in total. The van der Waals surface area contributed by atoms with E-state index in [1.54, 1.807) is 19.6 Å². The molecule has 2 aliphatic rings. The molecule has 2 heterocycles. The van der Waals surface area contributed by atoms with Crippen molar-refractivity contribution < 1.29 is 44.1 Å². The van der Waals surface area contributed by atoms with E-state index in [0.717, 1.165) is 0 Å². The molecular formula is C25H44N8O9. The third kappa shape index (κ3) is 11.5. The number of primary amides is 2. The summed E-state index contributed by atoms with van der Waals surface area (Å²) < 4.78 is 0. The van der Waals surface area contributed by atoms with Crippen LogP contribution in [-0.2, 0) is 28.8 Å². The van der Waals surface area contributed by atoms with E-state index in [0.29, 0.717) is 26.2 Å². The first-order valence-electron chi connectivity index (χ1n) is 13.9. The molecule has 3 amide bonds. The Kier molecular flexibility index (Phi) is 13.5. The van der Waals surface area contributed by atoms with Crippen molar-refractivity contribution in [3.8, 4) is 0 Å². The van der Waals surface area contributed by atoms with Gasteiger partial charge >= 0.3 is 17.9 Å². The quantitative estimate of drug-likeness (QED) is 0.124. The van der Waals surface area contributed by atoms with Gasteiger partial charge in [-0.3, -0.25) is 48.4 Å². The van der Waals surface area contributed by atoms with Crippen LogP contribution in [0.25, 0.3) is 0 Å². The number of amides is 3. The summed E-state index contributed by atoms with van der Waals surface area (Å²) in [7, 11) is 0. The lowest BCUT2D eigenvalue weighted by Crippen LogP contribution is -2.56. The number of hydrogen-bond acceptors (Lipinski definition) is 11. The fraction of sp³-hybridized carbons (Fsp3) is 0.760. The highest BCUT2D eigenvalue weighted by Gasteiger charge is 2.39. The third-order valence-electron chi connectivity index (χ3n) is 7.78. The molecular weight excluding hydrogens is 556 g/mol. The molecule has 0 aromatic carbocycles. The Morgan fingerprint density at radius 1 is 0.667 bits per heavy atom. The second kappa shape index (κ2) is 16.3. The summed E-state index contributed by atoms with van der Waals surface area (Å²) >= 11 is 0. The van der Waals surface area contributed by atoms with Crippen molar-refractivity contribution >= 4 is 35.6 Å². The minimum absolute atomic E-state index is 0.0185. The SMILES string of the molecule is NC(=O)CN1CCN(CC(=O)O)CCN(CC(N)=O)CCN(C(CCC(=O)N2CCC(N)(C(=O)O)CC2)C(=O)O)CC1. The van der Waals surface area contributed by atoms with Crippen molar-refractivity contribution in [3.63, 3.8) is 0 Å². The first kappa shape index (κ1) is 34.8. The predicted octanol–water partition coefficient (Wildman–Crippen LogP) is -4.10. The van der Waals surface area contributed by atoms with Crippen molar-refractivity contribution in [1.82, 2.24) is 24.5 Å². The minimum Gasteiger partial charge on any atom is -0.480 e. The summed E-state index contributed by atoms with van der Waals surface area (Å²) in [6.45, 7) is 1.93. The van der Waals surface area contributed by atoms with Crippen LogP contribution >= 0.6 is 0 Å². The zero-order valence-corrected chi connectivity index (χ0v) is 23.9. The fourth-order valence-corrected chi connectivity index (χ4v) is 5.22. The fourth-order valence-electron chi connectivity index (χ4n) is 5.22. The third-order valence-corrected chi connectivity index (χ3v) is 7.78. The molecule has 42 heavy (non-hydrogen) atoms. The average molecular weight is 601 g/mol. The molecule has 0 spiro atoms. The van der Waals surface area contributed by atoms with E-state index in [1.165, 1.54) is 4.90 Å². The lowest BCUT2D eigenvalue weighted by molar-refractivity contribution is -0.148. The molecule has 17 heteroatoms. The zero-order chi connectivity index (χ0) is 31.4. The van der Waals surface area contributed by atoms with Gasteiger partial charge in [-0.25, -0.2) is 0 Å². The molecule has 2 fully saturated rings. The molecule has 1 unspecified atom stereocenters. The number of aliphatic carboxylic acids is 3. The molecule has 2 aliphatic heterocycles. The van der Waals surface area contributed by atoms with Crippen LogP contribution in [0.4, 0.5) is 0 Å². The topological polar surface area (TPSA) is 257 Å². The van der Waals surface area contributed by atoms with Crippen LogP contribution in [0.15, 0.2) is 0 Å². The van der Waals surface area contributed by atoms with E-state index in [1.807, 2.05) is 0 Å². The lowest BCUT2D eigenvalue weighted by Gasteiger charge is -2.37. The molecule has 0 aromatic rings. The van der Waals surface area contributed by atoms with Crippen molar-refractivity contribution in [2.45, 2.75) is 37.3 Å². The van der Waals surface area contributed by atoms with Crippen LogP contribution in [0.3, 0.4) is 0 Å². The van der Waals surface area contributed by atoms with E-state index in [4.69, 9.17) is 17.2 Å². The second-order valence-electron chi connectivity index (χ2n) is 10.9. The number of piperidine rings is 1. The largest absolute Gasteiger partial charge is 0.480 e. The Labute approximate surface area is 244 Å². The Balaban J connectivity index is 2.17. The number of nitrogens with zero attached hydrogens (tertiary/aromatic N) is 5. The van der Waals surface area contributed by atoms with Gasteiger partial charge in [0.25, 0.3) is 0 Å². The summed E-state index contributed by atoms with van der Waals surface area (Å²) in [4.78, 5) is 79.8. The number of carbonyl (C=O) groups excluding carboxylic acids is 3. The predicted molar refractivity (Wildman–Crippen MR) is 148 cm³/mol. The van der Waals surface area contributed by atoms with Gasteiger partial charge in [-0.2, -0.15) is 0 Å². The Morgan fingerprint density at radius 3 is 1.48 bits per heavy atom. The number of carbonyl (C=O) groups is 6. The van der Waals surface area contributed by atoms with Crippen LogP contribution in [0.2, 0.25) is 0 Å². The van der Waals surface area contributed by atoms with Crippen LogP contribution in [-0.4, -0.2) is 172 Å². The monoisotopic (exact) mass is 600 g/mol. The maximum Gasteiger partial charge on any atom is 0.323 e. The number of rotatable bonds is 12. The van der Waals surface area contributed by atoms with Gasteiger partial charge in [0.15, 0.2) is 0 Å². The van der Waals surface area contributed by atoms with Gasteiger partial charge in [0.1, 0.15) is 11.6 Å². The highest BCUT2D eigenvalue weighted by atomic mass is 16.4. The number of nitrogens with two attached hydrogens (primary N) is 3. The van der Waals surface area contributed by atoms with Crippen LogP contribution in [0.1, 0.15) is 25.7 Å². The van der Waals surface area contributed by atoms with Crippen LogP contribution in [0, 0.1) is 0 Å². The summed E-state index contributed by atoms with van der Waals surface area (Å²) in [6, 6.07) is -1.07. The highest BCUT2D eigenvalue weighted by Crippen LogP contribution is 2.21. The zero-order valence-electron chi connectivity index (χ0n) is 23.9. The molecule has 0 aliphatic carbocycles. The van der Waals surface area contributed by atoms with Gasteiger partial charge in [-0.15, -0.1) is 0 Å². The molecule has 0 bridgehead atoms. The standard InChI is InChI=1S/C25H44N8O9/c26-19(34)15-29-7-9-31(17-22(37)38)10-8-30(16-20(27)35)12-14-32(13-11-29)18(23(39)40)1-2-21(36)33-5-3-25(28,4-6-33)24(41)42/h18H,1-17,28H2,(H2,26,34)(H2,27,35)(H,37,38)(H,39,40)(H,41,42). The number of hydrogen-bond donors (Lipinski definition) is 6. The van der Waals surface area contributed by atoms with E-state index in [9.17, 15) is 44.1 Å². The van der Waals surface area contributed by atoms with E-state index in [-0.39, 0.29) is 90.5 Å². The molecule has 1 atom stereocenters. The van der Waals surface area contributed by atoms with Gasteiger partial charge in [-0.05, 0) is 19.3 Å². The number of likely N-dealkylation sites (tertiary alicyclic amines) is 1. The minimum atomic E-state index is -1.39. The van der Waals surface area contributed by atoms with Gasteiger partial charge in [0, 0.05) is 71.9 Å². The average Bonchev–Trinajstić information content (AvgIpc) is 2.88. The molecule has 0 aromatic heterocycles. The first-order chi connectivity index (χ1) is 19.7. The van der Waals surface area contributed by atoms with Crippen LogP contribution < -0.4 is 17.2 Å². The van der Waals surface area contributed by atoms with Crippen molar-refractivity contribution in [2.75, 3.05) is 85.1 Å². The van der Waals surface area contributed by atoms with Crippen LogP contribution in [0.5, 0.6) is 0 Å². The van der Waals surface area contributed by atoms with E-state index < -0.39 is 41.3 Å². The normalized spacial score (nSPS) is 21.0. The Hall–Kier alpha value is -3.38. The maximum absolute atomic E-state index is 12.9. The molecule has 0 saturated carbocycles. The summed E-state index contributed by atoms with van der Waals surface area (Å²) in [6.07, 6.45) is 0.0867.